The van der Waals surface area contributed by atoms with Crippen molar-refractivity contribution in [2.45, 2.75) is 19.3 Å². The van der Waals surface area contributed by atoms with Crippen molar-refractivity contribution in [3.63, 3.8) is 0 Å². The number of hydrogen-bond donors (Lipinski definition) is 1. The van der Waals surface area contributed by atoms with Gasteiger partial charge in [-0.05, 0) is 42.3 Å². The maximum absolute atomic E-state index is 12.8. The van der Waals surface area contributed by atoms with Gasteiger partial charge in [0.2, 0.25) is 11.8 Å². The van der Waals surface area contributed by atoms with Crippen LogP contribution >= 0.6 is 0 Å². The van der Waals surface area contributed by atoms with Crippen LogP contribution in [-0.4, -0.2) is 16.1 Å². The third-order valence-electron chi connectivity index (χ3n) is 4.46. The summed E-state index contributed by atoms with van der Waals surface area (Å²) in [6, 6.07) is 20.6. The van der Waals surface area contributed by atoms with Crippen LogP contribution in [0.4, 0.5) is 5.69 Å². The zero-order valence-corrected chi connectivity index (χ0v) is 15.3. The van der Waals surface area contributed by atoms with Crippen molar-refractivity contribution in [1.82, 2.24) is 10.2 Å². The van der Waals surface area contributed by atoms with Gasteiger partial charge in [-0.25, -0.2) is 0 Å². The molecule has 28 heavy (non-hydrogen) atoms. The summed E-state index contributed by atoms with van der Waals surface area (Å²) >= 11 is 0. The van der Waals surface area contributed by atoms with Crippen LogP contribution in [0.15, 0.2) is 81.8 Å². The maximum atomic E-state index is 12.8. The van der Waals surface area contributed by atoms with Crippen molar-refractivity contribution in [3.05, 3.63) is 78.6 Å². The normalized spacial score (nSPS) is 11.9. The number of carbonyl (C=O) groups is 1. The molecule has 0 aliphatic heterocycles. The van der Waals surface area contributed by atoms with Crippen molar-refractivity contribution in [2.24, 2.45) is 0 Å². The lowest BCUT2D eigenvalue weighted by Crippen LogP contribution is -2.20. The van der Waals surface area contributed by atoms with Crippen LogP contribution in [0.5, 0.6) is 0 Å². The van der Waals surface area contributed by atoms with Crippen LogP contribution in [0.3, 0.4) is 0 Å². The summed E-state index contributed by atoms with van der Waals surface area (Å²) in [5.41, 5.74) is 2.39. The number of anilines is 1. The molecule has 0 fully saturated rings. The van der Waals surface area contributed by atoms with E-state index in [-0.39, 0.29) is 11.8 Å². The Morgan fingerprint density at radius 2 is 1.82 bits per heavy atom. The Hall–Kier alpha value is -3.67. The number of rotatable bonds is 6. The van der Waals surface area contributed by atoms with Crippen molar-refractivity contribution < 1.29 is 13.6 Å². The van der Waals surface area contributed by atoms with E-state index in [1.807, 2.05) is 61.5 Å². The van der Waals surface area contributed by atoms with E-state index in [2.05, 4.69) is 15.5 Å². The van der Waals surface area contributed by atoms with E-state index >= 15 is 0 Å². The monoisotopic (exact) mass is 373 g/mol. The van der Waals surface area contributed by atoms with Gasteiger partial charge in [-0.2, -0.15) is 0 Å². The fourth-order valence-corrected chi connectivity index (χ4v) is 3.06. The number of amides is 1. The largest absolute Gasteiger partial charge is 0.459 e. The van der Waals surface area contributed by atoms with Crippen LogP contribution < -0.4 is 5.32 Å². The first kappa shape index (κ1) is 17.7. The standard InChI is InChI=1S/C22H19N3O3/c1-2-18(15-8-4-3-5-9-15)20(26)23-17-11-6-10-16(14-17)21-24-25-22(28-21)19-12-7-13-27-19/h3-14,18H,2H2,1H3,(H,23,26)/t18-/m0/s1. The first-order chi connectivity index (χ1) is 13.7. The Balaban J connectivity index is 1.53. The predicted molar refractivity (Wildman–Crippen MR) is 106 cm³/mol. The van der Waals surface area contributed by atoms with Gasteiger partial charge >= 0.3 is 0 Å². The van der Waals surface area contributed by atoms with Gasteiger partial charge in [0.25, 0.3) is 5.89 Å². The Bertz CT molecular complexity index is 1060. The van der Waals surface area contributed by atoms with Crippen molar-refractivity contribution in [2.75, 3.05) is 5.32 Å². The zero-order valence-electron chi connectivity index (χ0n) is 15.3. The average Bonchev–Trinajstić information content (AvgIpc) is 3.41. The lowest BCUT2D eigenvalue weighted by molar-refractivity contribution is -0.117. The minimum Gasteiger partial charge on any atom is -0.459 e. The molecule has 0 aliphatic carbocycles. The number of carbonyl (C=O) groups excluding carboxylic acids is 1. The molecule has 0 unspecified atom stereocenters. The number of benzene rings is 2. The third-order valence-corrected chi connectivity index (χ3v) is 4.46. The summed E-state index contributed by atoms with van der Waals surface area (Å²) in [4.78, 5) is 12.8. The Morgan fingerprint density at radius 3 is 2.57 bits per heavy atom. The molecule has 2 aromatic heterocycles. The van der Waals surface area contributed by atoms with Crippen LogP contribution in [0.2, 0.25) is 0 Å². The molecule has 2 heterocycles. The molecule has 0 bridgehead atoms. The highest BCUT2D eigenvalue weighted by atomic mass is 16.4. The number of nitrogens with zero attached hydrogens (tertiary/aromatic N) is 2. The van der Waals surface area contributed by atoms with Crippen LogP contribution in [0.1, 0.15) is 24.8 Å². The lowest BCUT2D eigenvalue weighted by Gasteiger charge is -2.15. The van der Waals surface area contributed by atoms with Gasteiger partial charge in [-0.15, -0.1) is 10.2 Å². The smallest absolute Gasteiger partial charge is 0.283 e. The molecule has 6 heteroatoms. The highest BCUT2D eigenvalue weighted by Gasteiger charge is 2.19. The summed E-state index contributed by atoms with van der Waals surface area (Å²) in [6.45, 7) is 2.00. The van der Waals surface area contributed by atoms with Gasteiger partial charge in [-0.3, -0.25) is 4.79 Å². The molecule has 0 saturated carbocycles. The van der Waals surface area contributed by atoms with E-state index in [4.69, 9.17) is 8.83 Å². The summed E-state index contributed by atoms with van der Waals surface area (Å²) in [6.07, 6.45) is 2.26. The fraction of sp³-hybridized carbons (Fsp3) is 0.136. The minimum absolute atomic E-state index is 0.0485. The Labute approximate surface area is 162 Å². The molecule has 0 saturated heterocycles. The average molecular weight is 373 g/mol. The van der Waals surface area contributed by atoms with Crippen molar-refractivity contribution in [3.8, 4) is 23.1 Å². The quantitative estimate of drug-likeness (QED) is 0.507. The summed E-state index contributed by atoms with van der Waals surface area (Å²) in [5, 5.41) is 11.1. The van der Waals surface area contributed by atoms with Crippen LogP contribution in [0, 0.1) is 0 Å². The maximum Gasteiger partial charge on any atom is 0.283 e. The Kier molecular flexibility index (Phi) is 5.01. The fourth-order valence-electron chi connectivity index (χ4n) is 3.06. The SMILES string of the molecule is CC[C@H](C(=O)Nc1cccc(-c2nnc(-c3ccco3)o2)c1)c1ccccc1. The van der Waals surface area contributed by atoms with E-state index in [0.29, 0.717) is 29.6 Å². The highest BCUT2D eigenvalue weighted by molar-refractivity contribution is 5.96. The molecule has 0 aliphatic rings. The van der Waals surface area contributed by atoms with Gasteiger partial charge in [0.1, 0.15) is 0 Å². The van der Waals surface area contributed by atoms with Crippen molar-refractivity contribution >= 4 is 11.6 Å². The van der Waals surface area contributed by atoms with Gasteiger partial charge < -0.3 is 14.2 Å². The van der Waals surface area contributed by atoms with Gasteiger partial charge in [0.15, 0.2) is 5.76 Å². The molecule has 140 valence electrons. The summed E-state index contributed by atoms with van der Waals surface area (Å²) in [5.74, 6) is 0.922. The van der Waals surface area contributed by atoms with Crippen LogP contribution in [-0.2, 0) is 4.79 Å². The second kappa shape index (κ2) is 7.92. The van der Waals surface area contributed by atoms with E-state index in [1.54, 1.807) is 18.4 Å². The zero-order chi connectivity index (χ0) is 19.3. The number of aromatic nitrogens is 2. The molecule has 2 aromatic carbocycles. The molecule has 1 atom stereocenters. The first-order valence-electron chi connectivity index (χ1n) is 9.08. The summed E-state index contributed by atoms with van der Waals surface area (Å²) < 4.78 is 11.0. The second-order valence-electron chi connectivity index (χ2n) is 6.33. The molecule has 1 amide bonds. The molecular weight excluding hydrogens is 354 g/mol. The molecule has 0 spiro atoms. The van der Waals surface area contributed by atoms with Gasteiger partial charge in [0.05, 0.1) is 12.2 Å². The Morgan fingerprint density at radius 1 is 1.00 bits per heavy atom. The van der Waals surface area contributed by atoms with E-state index in [9.17, 15) is 4.79 Å². The molecule has 4 aromatic rings. The molecule has 0 radical (unpaired) electrons. The predicted octanol–water partition coefficient (Wildman–Crippen LogP) is 5.13. The first-order valence-corrected chi connectivity index (χ1v) is 9.08. The van der Waals surface area contributed by atoms with E-state index in [1.165, 1.54) is 0 Å². The van der Waals surface area contributed by atoms with Crippen molar-refractivity contribution in [1.29, 1.82) is 0 Å². The number of hydrogen-bond acceptors (Lipinski definition) is 5. The second-order valence-corrected chi connectivity index (χ2v) is 6.33. The van der Waals surface area contributed by atoms with E-state index < -0.39 is 0 Å². The third kappa shape index (κ3) is 3.71. The molecular formula is C22H19N3O3. The molecule has 4 rings (SSSR count). The number of nitrogens with one attached hydrogen (secondary N) is 1. The topological polar surface area (TPSA) is 81.2 Å². The van der Waals surface area contributed by atoms with E-state index in [0.717, 1.165) is 11.1 Å². The van der Waals surface area contributed by atoms with Gasteiger partial charge in [-0.1, -0.05) is 43.3 Å². The lowest BCUT2D eigenvalue weighted by atomic mass is 9.95. The highest BCUT2D eigenvalue weighted by Crippen LogP contribution is 2.27. The minimum atomic E-state index is -0.209. The van der Waals surface area contributed by atoms with Crippen LogP contribution in [0.25, 0.3) is 23.1 Å². The molecule has 1 N–H and O–H groups in total. The molecule has 6 nitrogen and oxygen atoms in total. The summed E-state index contributed by atoms with van der Waals surface area (Å²) in [7, 11) is 0. The number of furan rings is 1. The van der Waals surface area contributed by atoms with Gasteiger partial charge in [0, 0.05) is 11.3 Å².